The Morgan fingerprint density at radius 3 is 2.44 bits per heavy atom. The number of rotatable bonds is 5. The van der Waals surface area contributed by atoms with E-state index in [9.17, 15) is 27.6 Å². The van der Waals surface area contributed by atoms with E-state index in [0.717, 1.165) is 16.7 Å². The van der Waals surface area contributed by atoms with Gasteiger partial charge in [-0.05, 0) is 24.6 Å². The van der Waals surface area contributed by atoms with E-state index in [1.807, 2.05) is 4.90 Å². The monoisotopic (exact) mass is 478 g/mol. The summed E-state index contributed by atoms with van der Waals surface area (Å²) in [4.78, 5) is 44.9. The normalized spacial score (nSPS) is 14.7. The molecule has 1 aliphatic heterocycles. The van der Waals surface area contributed by atoms with Gasteiger partial charge < -0.3 is 14.4 Å². The van der Waals surface area contributed by atoms with Crippen LogP contribution in [-0.2, 0) is 31.6 Å². The van der Waals surface area contributed by atoms with Crippen LogP contribution < -0.4 is 16.1 Å². The van der Waals surface area contributed by atoms with Crippen LogP contribution in [0.15, 0.2) is 40.2 Å². The van der Waals surface area contributed by atoms with Crippen LogP contribution in [0.2, 0.25) is 0 Å². The van der Waals surface area contributed by atoms with Gasteiger partial charge in [0, 0.05) is 58.9 Å². The molecule has 9 nitrogen and oxygen atoms in total. The molecule has 182 valence electrons. The zero-order valence-corrected chi connectivity index (χ0v) is 18.9. The first-order valence-electron chi connectivity index (χ1n) is 10.9. The van der Waals surface area contributed by atoms with Crippen LogP contribution in [0.3, 0.4) is 0 Å². The Morgan fingerprint density at radius 2 is 1.76 bits per heavy atom. The second-order valence-electron chi connectivity index (χ2n) is 8.34. The van der Waals surface area contributed by atoms with Gasteiger partial charge in [-0.3, -0.25) is 18.7 Å². The van der Waals surface area contributed by atoms with E-state index >= 15 is 0 Å². The quantitative estimate of drug-likeness (QED) is 0.556. The van der Waals surface area contributed by atoms with Crippen molar-refractivity contribution in [3.8, 4) is 0 Å². The van der Waals surface area contributed by atoms with Crippen LogP contribution in [0.5, 0.6) is 0 Å². The average Bonchev–Trinajstić information content (AvgIpc) is 3.25. The first kappa shape index (κ1) is 23.6. The fourth-order valence-electron chi connectivity index (χ4n) is 4.22. The topological polar surface area (TPSA) is 85.4 Å². The van der Waals surface area contributed by atoms with Crippen LogP contribution >= 0.6 is 0 Å². The molecule has 12 heteroatoms. The van der Waals surface area contributed by atoms with Crippen LogP contribution in [0.4, 0.5) is 18.9 Å². The van der Waals surface area contributed by atoms with E-state index in [1.165, 1.54) is 24.0 Å². The number of nitrogens with zero attached hydrogens (tertiary/aromatic N) is 6. The van der Waals surface area contributed by atoms with Gasteiger partial charge in [-0.25, -0.2) is 9.78 Å². The molecule has 3 heterocycles. The van der Waals surface area contributed by atoms with Gasteiger partial charge in [-0.2, -0.15) is 13.2 Å². The van der Waals surface area contributed by atoms with Gasteiger partial charge in [0.15, 0.2) is 11.2 Å². The van der Waals surface area contributed by atoms with Gasteiger partial charge in [0.25, 0.3) is 5.56 Å². The summed E-state index contributed by atoms with van der Waals surface area (Å²) in [5, 5.41) is 0. The lowest BCUT2D eigenvalue weighted by Crippen LogP contribution is -2.48. The number of carbonyl (C=O) groups excluding carboxylic acids is 1. The summed E-state index contributed by atoms with van der Waals surface area (Å²) < 4.78 is 42.9. The molecular formula is C22H25F3N6O3. The van der Waals surface area contributed by atoms with E-state index < -0.39 is 23.0 Å². The smallest absolute Gasteiger partial charge is 0.368 e. The minimum atomic E-state index is -4.40. The maximum absolute atomic E-state index is 13.0. The molecule has 0 radical (unpaired) electrons. The van der Waals surface area contributed by atoms with Crippen molar-refractivity contribution in [3.05, 3.63) is 57.0 Å². The Labute approximate surface area is 192 Å². The molecular weight excluding hydrogens is 453 g/mol. The highest BCUT2D eigenvalue weighted by Crippen LogP contribution is 2.31. The number of benzene rings is 1. The predicted octanol–water partition coefficient (Wildman–Crippen LogP) is 1.58. The van der Waals surface area contributed by atoms with E-state index in [2.05, 4.69) is 4.98 Å². The molecule has 0 N–H and O–H groups in total. The molecule has 2 aromatic heterocycles. The molecule has 0 bridgehead atoms. The van der Waals surface area contributed by atoms with Gasteiger partial charge in [0.1, 0.15) is 0 Å². The van der Waals surface area contributed by atoms with E-state index in [-0.39, 0.29) is 12.3 Å². The molecule has 0 unspecified atom stereocenters. The minimum Gasteiger partial charge on any atom is -0.368 e. The maximum atomic E-state index is 13.0. The second-order valence-corrected chi connectivity index (χ2v) is 8.34. The molecule has 4 rings (SSSR count). The summed E-state index contributed by atoms with van der Waals surface area (Å²) in [6.07, 6.45) is -2.17. The lowest BCUT2D eigenvalue weighted by atomic mass is 10.1. The molecule has 1 aliphatic rings. The third-order valence-corrected chi connectivity index (χ3v) is 6.18. The highest BCUT2D eigenvalue weighted by atomic mass is 19.4. The summed E-state index contributed by atoms with van der Waals surface area (Å²) in [5.41, 5.74) is -0.484. The number of halogens is 3. The number of hydrogen-bond acceptors (Lipinski definition) is 5. The zero-order chi connectivity index (χ0) is 24.6. The van der Waals surface area contributed by atoms with E-state index in [4.69, 9.17) is 0 Å². The summed E-state index contributed by atoms with van der Waals surface area (Å²) in [5.74, 6) is -0.0478. The molecule has 0 atom stereocenters. The lowest BCUT2D eigenvalue weighted by molar-refractivity contribution is -0.137. The first-order chi connectivity index (χ1) is 16.1. The fraction of sp³-hybridized carbons (Fsp3) is 0.455. The molecule has 1 amide bonds. The number of amides is 1. The number of anilines is 1. The molecule has 0 spiro atoms. The van der Waals surface area contributed by atoms with Crippen molar-refractivity contribution in [1.29, 1.82) is 0 Å². The van der Waals surface area contributed by atoms with Crippen molar-refractivity contribution >= 4 is 22.8 Å². The highest BCUT2D eigenvalue weighted by molar-refractivity contribution is 5.76. The Morgan fingerprint density at radius 1 is 1.06 bits per heavy atom. The number of imidazole rings is 1. The van der Waals surface area contributed by atoms with Crippen LogP contribution in [0.25, 0.3) is 11.2 Å². The summed E-state index contributed by atoms with van der Waals surface area (Å²) >= 11 is 0. The summed E-state index contributed by atoms with van der Waals surface area (Å²) in [6.45, 7) is 2.13. The minimum absolute atomic E-state index is 0.0478. The fourth-order valence-corrected chi connectivity index (χ4v) is 4.22. The number of alkyl halides is 3. The largest absolute Gasteiger partial charge is 0.416 e. The maximum Gasteiger partial charge on any atom is 0.416 e. The average molecular weight is 478 g/mol. The van der Waals surface area contributed by atoms with Crippen molar-refractivity contribution in [2.75, 3.05) is 31.1 Å². The Balaban J connectivity index is 1.34. The Bertz CT molecular complexity index is 1330. The molecule has 0 aliphatic carbocycles. The standard InChI is InChI=1S/C22H25F3N6O3/c1-27-19-18(20(33)28(2)21(27)34)31(14-26-19)8-4-7-17(32)30-11-9-29(10-12-30)16-6-3-5-15(13-16)22(23,24)25/h3,5-6,13-14H,4,7-12H2,1-2H3. The van der Waals surface area contributed by atoms with Crippen molar-refractivity contribution in [2.24, 2.45) is 14.1 Å². The highest BCUT2D eigenvalue weighted by Gasteiger charge is 2.31. The molecule has 1 aromatic carbocycles. The number of aromatic nitrogens is 4. The van der Waals surface area contributed by atoms with Gasteiger partial charge >= 0.3 is 11.9 Å². The van der Waals surface area contributed by atoms with Crippen molar-refractivity contribution in [1.82, 2.24) is 23.6 Å². The summed E-state index contributed by atoms with van der Waals surface area (Å²) in [6, 6.07) is 5.21. The lowest BCUT2D eigenvalue weighted by Gasteiger charge is -2.36. The number of hydrogen-bond donors (Lipinski definition) is 0. The van der Waals surface area contributed by atoms with Gasteiger partial charge in [0.2, 0.25) is 5.91 Å². The van der Waals surface area contributed by atoms with Crippen molar-refractivity contribution < 1.29 is 18.0 Å². The molecule has 1 fully saturated rings. The third-order valence-electron chi connectivity index (χ3n) is 6.18. The predicted molar refractivity (Wildman–Crippen MR) is 120 cm³/mol. The van der Waals surface area contributed by atoms with Crippen molar-refractivity contribution in [3.63, 3.8) is 0 Å². The molecule has 1 saturated heterocycles. The van der Waals surface area contributed by atoms with Gasteiger partial charge in [-0.1, -0.05) is 6.07 Å². The third kappa shape index (κ3) is 4.44. The number of piperazine rings is 1. The molecule has 0 saturated carbocycles. The van der Waals surface area contributed by atoms with Crippen molar-refractivity contribution in [2.45, 2.75) is 25.6 Å². The van der Waals surface area contributed by atoms with Crippen LogP contribution in [0, 0.1) is 0 Å². The molecule has 3 aromatic rings. The number of fused-ring (bicyclic) bond motifs is 1. The van der Waals surface area contributed by atoms with Gasteiger partial charge in [-0.15, -0.1) is 0 Å². The number of aryl methyl sites for hydroxylation is 2. The van der Waals surface area contributed by atoms with Gasteiger partial charge in [0.05, 0.1) is 11.9 Å². The number of carbonyl (C=O) groups is 1. The Kier molecular flexibility index (Phi) is 6.24. The summed E-state index contributed by atoms with van der Waals surface area (Å²) in [7, 11) is 2.95. The first-order valence-corrected chi connectivity index (χ1v) is 10.9. The van der Waals surface area contributed by atoms with Crippen LogP contribution in [0.1, 0.15) is 18.4 Å². The zero-order valence-electron chi connectivity index (χ0n) is 18.9. The van der Waals surface area contributed by atoms with E-state index in [1.54, 1.807) is 22.6 Å². The Hall–Kier alpha value is -3.57. The SMILES string of the molecule is Cn1c(=O)c2c(ncn2CCCC(=O)N2CCN(c3cccc(C(F)(F)F)c3)CC2)n(C)c1=O. The molecule has 34 heavy (non-hydrogen) atoms. The van der Waals surface area contributed by atoms with Crippen LogP contribution in [-0.4, -0.2) is 55.7 Å². The van der Waals surface area contributed by atoms with E-state index in [0.29, 0.717) is 56.0 Å². The second kappa shape index (κ2) is 8.99.